The van der Waals surface area contributed by atoms with E-state index in [0.717, 1.165) is 24.9 Å². The Morgan fingerprint density at radius 3 is 2.28 bits per heavy atom. The molecule has 0 spiro atoms. The minimum atomic E-state index is 0.766. The fourth-order valence-corrected chi connectivity index (χ4v) is 4.88. The second kappa shape index (κ2) is 9.64. The van der Waals surface area contributed by atoms with E-state index in [2.05, 4.69) is 70.2 Å². The molecule has 2 aromatic carbocycles. The van der Waals surface area contributed by atoms with Crippen LogP contribution in [0.2, 0.25) is 0 Å². The molecule has 0 atom stereocenters. The highest BCUT2D eigenvalue weighted by Crippen LogP contribution is 2.27. The minimum Gasteiger partial charge on any atom is -0.497 e. The van der Waals surface area contributed by atoms with Gasteiger partial charge in [-0.15, -0.1) is 0 Å². The highest BCUT2D eigenvalue weighted by Gasteiger charge is 2.27. The molecule has 0 aliphatic carbocycles. The first-order chi connectivity index (χ1) is 14.2. The van der Waals surface area contributed by atoms with E-state index in [9.17, 15) is 0 Å². The molecular formula is C25H35N3O. The van der Waals surface area contributed by atoms with Crippen molar-refractivity contribution in [3.8, 4) is 5.75 Å². The number of nitrogens with zero attached hydrogens (tertiary/aromatic N) is 3. The summed E-state index contributed by atoms with van der Waals surface area (Å²) < 4.78 is 5.35. The normalized spacial score (nSPS) is 19.4. The second-order valence-corrected chi connectivity index (χ2v) is 8.48. The van der Waals surface area contributed by atoms with Gasteiger partial charge in [0.05, 0.1) is 7.11 Å². The lowest BCUT2D eigenvalue weighted by Crippen LogP contribution is -2.53. The summed E-state index contributed by atoms with van der Waals surface area (Å²) in [6, 6.07) is 18.1. The van der Waals surface area contributed by atoms with Gasteiger partial charge < -0.3 is 14.5 Å². The molecule has 0 amide bonds. The predicted molar refractivity (Wildman–Crippen MR) is 121 cm³/mol. The fourth-order valence-electron chi connectivity index (χ4n) is 4.88. The van der Waals surface area contributed by atoms with E-state index in [-0.39, 0.29) is 0 Å². The Labute approximate surface area is 176 Å². The van der Waals surface area contributed by atoms with Crippen LogP contribution in [0.4, 0.5) is 5.69 Å². The highest BCUT2D eigenvalue weighted by molar-refractivity contribution is 5.56. The maximum Gasteiger partial charge on any atom is 0.119 e. The molecule has 2 heterocycles. The van der Waals surface area contributed by atoms with Gasteiger partial charge in [0.25, 0.3) is 0 Å². The molecule has 2 saturated heterocycles. The molecule has 29 heavy (non-hydrogen) atoms. The molecule has 0 N–H and O–H groups in total. The number of hydrogen-bond donors (Lipinski definition) is 0. The van der Waals surface area contributed by atoms with Crippen molar-refractivity contribution in [2.24, 2.45) is 0 Å². The number of benzene rings is 2. The van der Waals surface area contributed by atoms with E-state index >= 15 is 0 Å². The van der Waals surface area contributed by atoms with Crippen LogP contribution in [0.25, 0.3) is 0 Å². The van der Waals surface area contributed by atoms with Crippen molar-refractivity contribution in [2.75, 3.05) is 57.8 Å². The molecule has 2 aliphatic heterocycles. The summed E-state index contributed by atoms with van der Waals surface area (Å²) in [5.41, 5.74) is 4.13. The number of hydrogen-bond acceptors (Lipinski definition) is 4. The van der Waals surface area contributed by atoms with Gasteiger partial charge in [0.15, 0.2) is 0 Å². The monoisotopic (exact) mass is 393 g/mol. The number of ether oxygens (including phenoxy) is 1. The van der Waals surface area contributed by atoms with E-state index in [1.807, 2.05) is 0 Å². The number of methoxy groups -OCH3 is 1. The van der Waals surface area contributed by atoms with E-state index in [0.29, 0.717) is 0 Å². The quantitative estimate of drug-likeness (QED) is 0.742. The molecule has 2 aliphatic rings. The molecule has 0 radical (unpaired) electrons. The van der Waals surface area contributed by atoms with E-state index in [1.54, 1.807) is 7.11 Å². The van der Waals surface area contributed by atoms with Crippen molar-refractivity contribution >= 4 is 5.69 Å². The molecule has 156 valence electrons. The summed E-state index contributed by atoms with van der Waals surface area (Å²) in [5.74, 6) is 0.948. The zero-order chi connectivity index (χ0) is 20.1. The van der Waals surface area contributed by atoms with Crippen LogP contribution < -0.4 is 9.64 Å². The van der Waals surface area contributed by atoms with Crippen molar-refractivity contribution in [3.05, 3.63) is 59.7 Å². The summed E-state index contributed by atoms with van der Waals surface area (Å²) in [4.78, 5) is 7.94. The summed E-state index contributed by atoms with van der Waals surface area (Å²) >= 11 is 0. The molecular weight excluding hydrogens is 358 g/mol. The lowest BCUT2D eigenvalue weighted by molar-refractivity contribution is 0.104. The summed E-state index contributed by atoms with van der Waals surface area (Å²) in [6.45, 7) is 10.5. The van der Waals surface area contributed by atoms with Gasteiger partial charge in [0.2, 0.25) is 0 Å². The maximum absolute atomic E-state index is 5.35. The number of piperidine rings is 1. The topological polar surface area (TPSA) is 19.0 Å². The minimum absolute atomic E-state index is 0.766. The van der Waals surface area contributed by atoms with Crippen molar-refractivity contribution < 1.29 is 4.74 Å². The number of anilines is 1. The van der Waals surface area contributed by atoms with Crippen LogP contribution in [-0.2, 0) is 6.42 Å². The number of rotatable bonds is 6. The Hall–Kier alpha value is -2.04. The van der Waals surface area contributed by atoms with Crippen molar-refractivity contribution in [2.45, 2.75) is 32.2 Å². The molecule has 0 aromatic heterocycles. The van der Waals surface area contributed by atoms with E-state index in [4.69, 9.17) is 4.74 Å². The first-order valence-corrected chi connectivity index (χ1v) is 11.1. The Balaban J connectivity index is 1.22. The van der Waals surface area contributed by atoms with Gasteiger partial charge in [-0.2, -0.15) is 0 Å². The number of aryl methyl sites for hydroxylation is 1. The average molecular weight is 394 g/mol. The number of piperazine rings is 1. The third-order valence-electron chi connectivity index (χ3n) is 6.69. The third-order valence-corrected chi connectivity index (χ3v) is 6.69. The molecule has 2 aromatic rings. The summed E-state index contributed by atoms with van der Waals surface area (Å²) in [7, 11) is 1.74. The van der Waals surface area contributed by atoms with Crippen LogP contribution in [0.5, 0.6) is 5.75 Å². The first kappa shape index (κ1) is 20.2. The molecule has 4 rings (SSSR count). The highest BCUT2D eigenvalue weighted by atomic mass is 16.5. The van der Waals surface area contributed by atoms with Gasteiger partial charge in [-0.25, -0.2) is 0 Å². The molecule has 2 fully saturated rings. The van der Waals surface area contributed by atoms with Crippen molar-refractivity contribution in [1.82, 2.24) is 9.80 Å². The summed E-state index contributed by atoms with van der Waals surface area (Å²) in [6.07, 6.45) is 3.80. The van der Waals surface area contributed by atoms with Gasteiger partial charge in [0.1, 0.15) is 5.75 Å². The SMILES string of the molecule is COc1ccc(N2CCN(C3CCN(CCc4ccccc4)CC3)CC2)c(C)c1. The Morgan fingerprint density at radius 2 is 1.62 bits per heavy atom. The lowest BCUT2D eigenvalue weighted by atomic mass is 10.0. The van der Waals surface area contributed by atoms with Gasteiger partial charge in [-0.05, 0) is 68.6 Å². The summed E-state index contributed by atoms with van der Waals surface area (Å²) in [5, 5.41) is 0. The predicted octanol–water partition coefficient (Wildman–Crippen LogP) is 3.83. The molecule has 4 heteroatoms. The Morgan fingerprint density at radius 1 is 0.897 bits per heavy atom. The van der Waals surface area contributed by atoms with Crippen LogP contribution in [-0.4, -0.2) is 68.8 Å². The van der Waals surface area contributed by atoms with Crippen molar-refractivity contribution in [3.63, 3.8) is 0 Å². The number of likely N-dealkylation sites (tertiary alicyclic amines) is 1. The Bertz CT molecular complexity index is 763. The molecule has 4 nitrogen and oxygen atoms in total. The second-order valence-electron chi connectivity index (χ2n) is 8.48. The van der Waals surface area contributed by atoms with Crippen LogP contribution in [0.1, 0.15) is 24.0 Å². The molecule has 0 bridgehead atoms. The third kappa shape index (κ3) is 5.12. The van der Waals surface area contributed by atoms with Crippen LogP contribution in [0.3, 0.4) is 0 Å². The molecule has 0 saturated carbocycles. The van der Waals surface area contributed by atoms with Crippen LogP contribution >= 0.6 is 0 Å². The van der Waals surface area contributed by atoms with Gasteiger partial charge in [-0.3, -0.25) is 4.90 Å². The van der Waals surface area contributed by atoms with Crippen LogP contribution in [0, 0.1) is 6.92 Å². The van der Waals surface area contributed by atoms with Gasteiger partial charge in [0, 0.05) is 44.5 Å². The van der Waals surface area contributed by atoms with Gasteiger partial charge >= 0.3 is 0 Å². The van der Waals surface area contributed by atoms with Gasteiger partial charge in [-0.1, -0.05) is 30.3 Å². The largest absolute Gasteiger partial charge is 0.497 e. The maximum atomic E-state index is 5.35. The molecule has 0 unspecified atom stereocenters. The first-order valence-electron chi connectivity index (χ1n) is 11.1. The smallest absolute Gasteiger partial charge is 0.119 e. The standard InChI is InChI=1S/C25H35N3O/c1-21-20-24(29-2)8-9-25(21)28-18-16-27(17-19-28)23-11-14-26(15-12-23)13-10-22-6-4-3-5-7-22/h3-9,20,23H,10-19H2,1-2H3. The van der Waals surface area contributed by atoms with E-state index < -0.39 is 0 Å². The average Bonchev–Trinajstić information content (AvgIpc) is 2.79. The van der Waals surface area contributed by atoms with Crippen molar-refractivity contribution in [1.29, 1.82) is 0 Å². The Kier molecular flexibility index (Phi) is 6.73. The zero-order valence-electron chi connectivity index (χ0n) is 18.0. The lowest BCUT2D eigenvalue weighted by Gasteiger charge is -2.43. The van der Waals surface area contributed by atoms with E-state index in [1.165, 1.54) is 68.8 Å². The fraction of sp³-hybridized carbons (Fsp3) is 0.520. The zero-order valence-corrected chi connectivity index (χ0v) is 18.0. The van der Waals surface area contributed by atoms with Crippen LogP contribution in [0.15, 0.2) is 48.5 Å².